The van der Waals surface area contributed by atoms with Crippen LogP contribution in [0.3, 0.4) is 0 Å². The largest absolute Gasteiger partial charge is 0.624 e. The molecule has 3 aliphatic rings. The Bertz CT molecular complexity index is 1910. The normalized spacial score (nSPS) is 18.2. The van der Waals surface area contributed by atoms with Gasteiger partial charge in [-0.25, -0.2) is 8.42 Å². The van der Waals surface area contributed by atoms with Crippen LogP contribution in [0.4, 0.5) is 17.1 Å². The van der Waals surface area contributed by atoms with Crippen LogP contribution in [-0.4, -0.2) is 88.0 Å². The summed E-state index contributed by atoms with van der Waals surface area (Å²) in [4.78, 5) is 45.7. The Morgan fingerprint density at radius 3 is 2.44 bits per heavy atom. The molecule has 2 saturated heterocycles. The summed E-state index contributed by atoms with van der Waals surface area (Å²) in [6.07, 6.45) is 3.71. The summed E-state index contributed by atoms with van der Waals surface area (Å²) >= 11 is 6.10. The van der Waals surface area contributed by atoms with Crippen LogP contribution in [0.25, 0.3) is 0 Å². The van der Waals surface area contributed by atoms with Gasteiger partial charge in [-0.3, -0.25) is 18.7 Å². The van der Waals surface area contributed by atoms with Crippen LogP contribution in [0.5, 0.6) is 5.75 Å². The molecular formula is C35H39ClN6O7S. The second kappa shape index (κ2) is 14.7. The van der Waals surface area contributed by atoms with Crippen LogP contribution in [0.1, 0.15) is 24.0 Å². The number of anilines is 2. The molecule has 3 heterocycles. The number of likely N-dealkylation sites (tertiary alicyclic amines) is 1. The number of nitrogens with one attached hydrogen (secondary N) is 2. The van der Waals surface area contributed by atoms with E-state index in [4.69, 9.17) is 16.3 Å². The maximum atomic E-state index is 14.1. The van der Waals surface area contributed by atoms with Crippen LogP contribution in [0.2, 0.25) is 5.02 Å². The van der Waals surface area contributed by atoms with E-state index in [0.29, 0.717) is 44.2 Å². The molecule has 50 heavy (non-hydrogen) atoms. The van der Waals surface area contributed by atoms with E-state index in [1.54, 1.807) is 29.2 Å². The molecule has 2 fully saturated rings. The van der Waals surface area contributed by atoms with Crippen molar-refractivity contribution in [3.8, 4) is 5.75 Å². The molecule has 3 aromatic rings. The highest BCUT2D eigenvalue weighted by Crippen LogP contribution is 2.31. The Hall–Kier alpha value is -4.63. The number of rotatable bonds is 10. The zero-order chi connectivity index (χ0) is 35.6. The molecule has 13 nitrogen and oxygen atoms in total. The first-order valence-electron chi connectivity index (χ1n) is 16.3. The average molecular weight is 723 g/mol. The van der Waals surface area contributed by atoms with Crippen molar-refractivity contribution in [1.29, 1.82) is 0 Å². The molecule has 0 saturated carbocycles. The lowest BCUT2D eigenvalue weighted by Crippen LogP contribution is -2.97. The molecule has 0 aliphatic carbocycles. The van der Waals surface area contributed by atoms with Gasteiger partial charge >= 0.3 is 0 Å². The molecule has 0 aromatic heterocycles. The van der Waals surface area contributed by atoms with Crippen LogP contribution in [0, 0.1) is 5.21 Å². The number of halogens is 1. The monoisotopic (exact) mass is 722 g/mol. The molecule has 0 radical (unpaired) electrons. The van der Waals surface area contributed by atoms with Crippen molar-refractivity contribution in [2.45, 2.75) is 31.8 Å². The molecule has 3 aliphatic heterocycles. The summed E-state index contributed by atoms with van der Waals surface area (Å²) in [5.74, 6) is -1.03. The number of nitrogens with zero attached hydrogens (tertiary/aromatic N) is 4. The first-order valence-corrected chi connectivity index (χ1v) is 18.6. The summed E-state index contributed by atoms with van der Waals surface area (Å²) in [6, 6.07) is 18.3. The molecule has 15 heteroatoms. The fourth-order valence-corrected chi connectivity index (χ4v) is 6.97. The van der Waals surface area contributed by atoms with Gasteiger partial charge in [0.25, 0.3) is 5.91 Å². The minimum atomic E-state index is -3.57. The standard InChI is InChI=1S/C35H39ClN6O7S/c1-38(50(2,47)48)27-13-14-31-30(21-27)42(46)23-32(49-31)34(44)37-28(20-24-9-11-26(36)12-10-24)35(45)40-18-16-39(17-19-40)29-7-4-3-6-25(29)22-41-15-5-8-33(41)43/h3-4,6-7,9-14,21,23,28,42H,5,8,15-20,22H2,1-2H3,(H,37,44)/t28-/m1/s1. The van der Waals surface area contributed by atoms with E-state index in [9.17, 15) is 28.0 Å². The summed E-state index contributed by atoms with van der Waals surface area (Å²) in [7, 11) is -2.20. The highest BCUT2D eigenvalue weighted by atomic mass is 35.5. The molecule has 3 aromatic carbocycles. The number of sulfonamides is 1. The number of piperazine rings is 1. The van der Waals surface area contributed by atoms with Gasteiger partial charge in [0.2, 0.25) is 27.6 Å². The average Bonchev–Trinajstić information content (AvgIpc) is 3.51. The number of fused-ring (bicyclic) bond motifs is 1. The number of carbonyl (C=O) groups excluding carboxylic acids is 3. The van der Waals surface area contributed by atoms with Crippen molar-refractivity contribution >= 4 is 56.4 Å². The lowest BCUT2D eigenvalue weighted by atomic mass is 10.0. The summed E-state index contributed by atoms with van der Waals surface area (Å²) in [5, 5.41) is 15.9. The zero-order valence-corrected chi connectivity index (χ0v) is 29.4. The highest BCUT2D eigenvalue weighted by molar-refractivity contribution is 7.92. The number of amides is 3. The van der Waals surface area contributed by atoms with Gasteiger partial charge in [-0.05, 0) is 47.9 Å². The fraction of sp³-hybridized carbons (Fsp3) is 0.343. The van der Waals surface area contributed by atoms with E-state index in [2.05, 4.69) is 10.2 Å². The third-order valence-corrected chi connectivity index (χ3v) is 10.7. The minimum Gasteiger partial charge on any atom is -0.624 e. The molecule has 2 atom stereocenters. The minimum absolute atomic E-state index is 0.0966. The molecule has 264 valence electrons. The molecule has 1 unspecified atom stereocenters. The predicted molar refractivity (Wildman–Crippen MR) is 189 cm³/mol. The number of benzene rings is 3. The first-order chi connectivity index (χ1) is 23.9. The number of para-hydroxylation sites is 1. The smallest absolute Gasteiger partial charge is 0.293 e. The number of hydrogen-bond donors (Lipinski definition) is 2. The maximum Gasteiger partial charge on any atom is 0.293 e. The van der Waals surface area contributed by atoms with Gasteiger partial charge in [-0.1, -0.05) is 41.9 Å². The summed E-state index contributed by atoms with van der Waals surface area (Å²) in [6.45, 7) is 3.26. The van der Waals surface area contributed by atoms with Gasteiger partial charge < -0.3 is 35.0 Å². The Balaban J connectivity index is 1.16. The van der Waals surface area contributed by atoms with E-state index in [1.807, 2.05) is 29.2 Å². The summed E-state index contributed by atoms with van der Waals surface area (Å²) in [5.41, 5.74) is 3.25. The third-order valence-electron chi connectivity index (χ3n) is 9.21. The Morgan fingerprint density at radius 2 is 1.76 bits per heavy atom. The number of carbonyl (C=O) groups is 3. The van der Waals surface area contributed by atoms with Crippen molar-refractivity contribution in [3.63, 3.8) is 0 Å². The van der Waals surface area contributed by atoms with Crippen molar-refractivity contribution in [3.05, 3.63) is 100 Å². The van der Waals surface area contributed by atoms with Crippen LogP contribution < -0.4 is 24.3 Å². The van der Waals surface area contributed by atoms with Crippen molar-refractivity contribution in [2.24, 2.45) is 0 Å². The number of ether oxygens (including phenoxy) is 1. The second-order valence-corrected chi connectivity index (χ2v) is 15.1. The van der Waals surface area contributed by atoms with Crippen LogP contribution in [-0.2, 0) is 37.4 Å². The van der Waals surface area contributed by atoms with E-state index in [1.165, 1.54) is 25.2 Å². The van der Waals surface area contributed by atoms with E-state index < -0.39 is 27.0 Å². The quantitative estimate of drug-likeness (QED) is 0.303. The van der Waals surface area contributed by atoms with Crippen molar-refractivity contribution in [1.82, 2.24) is 15.1 Å². The predicted octanol–water partition coefficient (Wildman–Crippen LogP) is 2.18. The fourth-order valence-electron chi connectivity index (χ4n) is 6.35. The molecule has 6 rings (SSSR count). The molecule has 0 spiro atoms. The lowest BCUT2D eigenvalue weighted by molar-refractivity contribution is -0.717. The van der Waals surface area contributed by atoms with Crippen LogP contribution >= 0.6 is 11.6 Å². The number of hydroxylamine groups is 1. The topological polar surface area (TPSA) is 147 Å². The molecular weight excluding hydrogens is 684 g/mol. The van der Waals surface area contributed by atoms with Gasteiger partial charge in [0.15, 0.2) is 11.4 Å². The van der Waals surface area contributed by atoms with E-state index in [-0.39, 0.29) is 41.1 Å². The Morgan fingerprint density at radius 1 is 1.04 bits per heavy atom. The number of hydrogen-bond acceptors (Lipinski definition) is 8. The van der Waals surface area contributed by atoms with Crippen molar-refractivity contribution in [2.75, 3.05) is 55.2 Å². The zero-order valence-electron chi connectivity index (χ0n) is 27.8. The molecule has 3 amide bonds. The Labute approximate surface area is 296 Å². The maximum absolute atomic E-state index is 14.1. The summed E-state index contributed by atoms with van der Waals surface area (Å²) < 4.78 is 30.8. The Kier molecular flexibility index (Phi) is 10.3. The lowest BCUT2D eigenvalue weighted by Gasteiger charge is -2.38. The third kappa shape index (κ3) is 7.88. The van der Waals surface area contributed by atoms with Gasteiger partial charge in [-0.2, -0.15) is 0 Å². The molecule has 2 N–H and O–H groups in total. The highest BCUT2D eigenvalue weighted by Gasteiger charge is 2.33. The van der Waals surface area contributed by atoms with Gasteiger partial charge in [0.1, 0.15) is 12.2 Å². The SMILES string of the molecule is CN(c1ccc2c(c1)[NH+]([O-])C=C(C(=O)N[C@H](Cc1ccc(Cl)cc1)C(=O)N1CCN(c3ccccc3CN3CCCC3=O)CC1)O2)S(C)(=O)=O. The van der Waals surface area contributed by atoms with Gasteiger partial charge in [0, 0.05) is 75.9 Å². The molecule has 0 bridgehead atoms. The van der Waals surface area contributed by atoms with Crippen molar-refractivity contribution < 1.29 is 32.6 Å². The van der Waals surface area contributed by atoms with E-state index >= 15 is 0 Å². The number of quaternary nitrogens is 1. The van der Waals surface area contributed by atoms with Gasteiger partial charge in [-0.15, -0.1) is 0 Å². The first kappa shape index (κ1) is 35.2. The van der Waals surface area contributed by atoms with Crippen LogP contribution in [0.15, 0.2) is 78.7 Å². The van der Waals surface area contributed by atoms with Gasteiger partial charge in [0.05, 0.1) is 11.9 Å². The second-order valence-electron chi connectivity index (χ2n) is 12.6. The van der Waals surface area contributed by atoms with E-state index in [0.717, 1.165) is 46.5 Å².